The highest BCUT2D eigenvalue weighted by molar-refractivity contribution is 5.84. The summed E-state index contributed by atoms with van der Waals surface area (Å²) in [5.74, 6) is -4.60. The van der Waals surface area contributed by atoms with Gasteiger partial charge in [0.1, 0.15) is 18.5 Å². The number of nitrogens with one attached hydrogen (secondary N) is 1. The van der Waals surface area contributed by atoms with Crippen molar-refractivity contribution in [2.45, 2.75) is 212 Å². The van der Waals surface area contributed by atoms with Crippen molar-refractivity contribution in [3.8, 4) is 0 Å². The Morgan fingerprint density at radius 3 is 2.22 bits per heavy atom. The van der Waals surface area contributed by atoms with Crippen LogP contribution in [0, 0.1) is 41.4 Å². The van der Waals surface area contributed by atoms with E-state index in [1.54, 1.807) is 6.92 Å². The Labute approximate surface area is 381 Å². The molecule has 13 heteroatoms. The lowest BCUT2D eigenvalue weighted by Gasteiger charge is -2.52. The van der Waals surface area contributed by atoms with Gasteiger partial charge in [-0.3, -0.25) is 9.59 Å². The summed E-state index contributed by atoms with van der Waals surface area (Å²) in [5.41, 5.74) is -0.684. The molecule has 1 aromatic rings. The molecule has 4 fully saturated rings. The molecule has 1 spiro atoms. The fourth-order valence-corrected chi connectivity index (χ4v) is 11.7. The number of Topliss-reactive ketones (excluding diaryl/α,β-unsaturated/α-hetero) is 1. The number of ether oxygens (including phenoxy) is 6. The number of rotatable bonds is 16. The number of carbonyl (C=O) groups excluding carboxylic acids is 2. The van der Waals surface area contributed by atoms with E-state index in [2.05, 4.69) is 33.0 Å². The SMILES string of the molecule is CC[C@@H](C(=O)[C@@H](C)[C@@H](O)[C@H](C)[C@@H]1O[C@@H]([C@@H](CC)C(=O)O)CC[C@@H]1C)[C@H]1O[C@]2(C=C[C@@H](NC(=O)OCc3ccccc3)C(C3CC[C@@](C)([C@H]4CC[C@](O)(CC)[C@H](C)O4)O3)O2)[C@H](C)C[C@@H]1C. The maximum Gasteiger partial charge on any atom is 0.408 e. The lowest BCUT2D eigenvalue weighted by atomic mass is 9.72. The van der Waals surface area contributed by atoms with E-state index in [1.807, 2.05) is 77.1 Å². The molecule has 0 bridgehead atoms. The van der Waals surface area contributed by atoms with Crippen LogP contribution in [-0.4, -0.2) is 105 Å². The second-order valence-electron chi connectivity index (χ2n) is 20.5. The van der Waals surface area contributed by atoms with Crippen LogP contribution in [0.2, 0.25) is 0 Å². The number of alkyl carbamates (subject to hydrolysis) is 1. The third kappa shape index (κ3) is 10.6. The van der Waals surface area contributed by atoms with Crippen LogP contribution in [0.3, 0.4) is 0 Å². The molecule has 1 amide bonds. The Bertz CT molecular complexity index is 1760. The monoisotopic (exact) mass is 898 g/mol. The molecule has 0 aromatic heterocycles. The minimum atomic E-state index is -1.24. The minimum Gasteiger partial charge on any atom is -0.481 e. The van der Waals surface area contributed by atoms with Crippen LogP contribution < -0.4 is 5.32 Å². The van der Waals surface area contributed by atoms with Crippen molar-refractivity contribution in [1.29, 1.82) is 0 Å². The molecule has 0 radical (unpaired) electrons. The first kappa shape index (κ1) is 50.5. The predicted molar refractivity (Wildman–Crippen MR) is 241 cm³/mol. The number of hydrogen-bond acceptors (Lipinski definition) is 11. The summed E-state index contributed by atoms with van der Waals surface area (Å²) in [6, 6.07) is 8.86. The molecular weight excluding hydrogens is 819 g/mol. The highest BCUT2D eigenvalue weighted by Gasteiger charge is 2.57. The lowest BCUT2D eigenvalue weighted by Crippen LogP contribution is -2.62. The third-order valence-electron chi connectivity index (χ3n) is 16.2. The number of carboxylic acid groups (broad SMARTS) is 1. The first-order valence-corrected chi connectivity index (χ1v) is 24.5. The number of amides is 1. The zero-order valence-corrected chi connectivity index (χ0v) is 40.1. The molecule has 1 aromatic carbocycles. The topological polar surface area (TPSA) is 179 Å². The predicted octanol–water partition coefficient (Wildman–Crippen LogP) is 8.16. The van der Waals surface area contributed by atoms with Gasteiger partial charge in [-0.15, -0.1) is 0 Å². The summed E-state index contributed by atoms with van der Waals surface area (Å²) in [5, 5.41) is 36.0. The summed E-state index contributed by atoms with van der Waals surface area (Å²) in [4.78, 5) is 40.1. The van der Waals surface area contributed by atoms with Crippen molar-refractivity contribution in [3.63, 3.8) is 0 Å². The second-order valence-corrected chi connectivity index (χ2v) is 20.5. The molecular formula is C51H79NO12. The molecule has 2 unspecified atom stereocenters. The standard InChI is InChI=1S/C51H79NO12/c1-11-36(47(55)56)39-20-19-29(4)44(61-39)33(8)42(53)32(7)43(54)37(12-2)45-30(5)27-31(6)51(63-45)26-21-38(52-48(57)59-28-35-17-15-14-16-18-35)46(64-51)40-22-24-49(10,62-40)41-23-25-50(58,13-3)34(9)60-41/h14-18,21,26,29-34,36-42,44-46,53,58H,11-13,19-20,22-25,27-28H2,1-10H3,(H,52,57)(H,55,56)/t29-,30-,31+,32-,33-,34-,36+,37-,38+,39+,40?,41+,42+,44+,45-,46?,49-,50+,51-/m0/s1. The highest BCUT2D eigenvalue weighted by Crippen LogP contribution is 2.49. The number of benzene rings is 1. The first-order valence-electron chi connectivity index (χ1n) is 24.5. The number of ketones is 1. The number of aliphatic carboxylic acids is 1. The van der Waals surface area contributed by atoms with Crippen LogP contribution in [-0.2, 0) is 44.6 Å². The molecule has 5 heterocycles. The van der Waals surface area contributed by atoms with Crippen LogP contribution >= 0.6 is 0 Å². The lowest BCUT2D eigenvalue weighted by molar-refractivity contribution is -0.327. The summed E-state index contributed by atoms with van der Waals surface area (Å²) in [6.45, 7) is 19.8. The van der Waals surface area contributed by atoms with Crippen LogP contribution in [0.4, 0.5) is 4.79 Å². The molecule has 4 saturated heterocycles. The van der Waals surface area contributed by atoms with Gasteiger partial charge in [0, 0.05) is 23.7 Å². The van der Waals surface area contributed by atoms with Gasteiger partial charge < -0.3 is 49.1 Å². The second kappa shape index (κ2) is 20.9. The van der Waals surface area contributed by atoms with Crippen LogP contribution in [0.1, 0.15) is 139 Å². The van der Waals surface area contributed by atoms with Crippen molar-refractivity contribution >= 4 is 17.8 Å². The maximum atomic E-state index is 14.7. The zero-order valence-electron chi connectivity index (χ0n) is 40.1. The van der Waals surface area contributed by atoms with Crippen molar-refractivity contribution in [1.82, 2.24) is 5.32 Å². The van der Waals surface area contributed by atoms with Crippen LogP contribution in [0.15, 0.2) is 42.5 Å². The molecule has 19 atom stereocenters. The number of aliphatic hydroxyl groups excluding tert-OH is 1. The van der Waals surface area contributed by atoms with E-state index in [0.717, 1.165) is 12.0 Å². The quantitative estimate of drug-likeness (QED) is 0.117. The maximum absolute atomic E-state index is 14.7. The molecule has 5 aliphatic heterocycles. The van der Waals surface area contributed by atoms with E-state index in [-0.39, 0.29) is 42.4 Å². The molecule has 0 saturated carbocycles. The summed E-state index contributed by atoms with van der Waals surface area (Å²) >= 11 is 0. The van der Waals surface area contributed by atoms with E-state index < -0.39 is 95.4 Å². The van der Waals surface area contributed by atoms with Crippen molar-refractivity contribution in [2.75, 3.05) is 0 Å². The highest BCUT2D eigenvalue weighted by atomic mass is 16.7. The van der Waals surface area contributed by atoms with Gasteiger partial charge in [-0.05, 0) is 102 Å². The molecule has 5 aliphatic rings. The van der Waals surface area contributed by atoms with E-state index >= 15 is 0 Å². The number of aliphatic hydroxyl groups is 2. The number of carbonyl (C=O) groups is 3. The van der Waals surface area contributed by atoms with E-state index in [9.17, 15) is 29.7 Å². The molecule has 0 aliphatic carbocycles. The largest absolute Gasteiger partial charge is 0.481 e. The minimum absolute atomic E-state index is 0.0155. The van der Waals surface area contributed by atoms with Gasteiger partial charge in [0.05, 0.1) is 65.9 Å². The first-order chi connectivity index (χ1) is 30.3. The Kier molecular flexibility index (Phi) is 16.5. The normalized spacial score (nSPS) is 40.2. The molecule has 360 valence electrons. The Hall–Kier alpha value is -2.91. The van der Waals surface area contributed by atoms with Gasteiger partial charge in [0.2, 0.25) is 0 Å². The van der Waals surface area contributed by atoms with Crippen molar-refractivity contribution in [3.05, 3.63) is 48.0 Å². The van der Waals surface area contributed by atoms with E-state index in [1.165, 1.54) is 0 Å². The van der Waals surface area contributed by atoms with Gasteiger partial charge in [-0.25, -0.2) is 4.79 Å². The van der Waals surface area contributed by atoms with E-state index in [4.69, 9.17) is 28.4 Å². The van der Waals surface area contributed by atoms with Gasteiger partial charge in [-0.2, -0.15) is 0 Å². The number of hydrogen-bond donors (Lipinski definition) is 4. The Balaban J connectivity index is 1.21. The van der Waals surface area contributed by atoms with Crippen LogP contribution in [0.25, 0.3) is 0 Å². The Morgan fingerprint density at radius 1 is 0.875 bits per heavy atom. The molecule has 6 rings (SSSR count). The summed E-state index contributed by atoms with van der Waals surface area (Å²) in [7, 11) is 0. The van der Waals surface area contributed by atoms with Crippen LogP contribution in [0.5, 0.6) is 0 Å². The molecule has 4 N–H and O–H groups in total. The molecule has 64 heavy (non-hydrogen) atoms. The van der Waals surface area contributed by atoms with E-state index in [0.29, 0.717) is 57.8 Å². The number of carboxylic acids is 1. The molecule has 13 nitrogen and oxygen atoms in total. The van der Waals surface area contributed by atoms with Gasteiger partial charge in [-0.1, -0.05) is 91.8 Å². The average molecular weight is 898 g/mol. The van der Waals surface area contributed by atoms with Gasteiger partial charge in [0.15, 0.2) is 5.79 Å². The smallest absolute Gasteiger partial charge is 0.408 e. The van der Waals surface area contributed by atoms with Crippen molar-refractivity contribution < 1.29 is 58.1 Å². The van der Waals surface area contributed by atoms with Crippen molar-refractivity contribution in [2.24, 2.45) is 41.4 Å². The Morgan fingerprint density at radius 2 is 1.58 bits per heavy atom. The fraction of sp³-hybridized carbons (Fsp3) is 0.784. The third-order valence-corrected chi connectivity index (χ3v) is 16.2. The van der Waals surface area contributed by atoms with Gasteiger partial charge >= 0.3 is 12.1 Å². The summed E-state index contributed by atoms with van der Waals surface area (Å²) < 4.78 is 39.9. The zero-order chi connectivity index (χ0) is 46.7. The fourth-order valence-electron chi connectivity index (χ4n) is 11.7. The summed E-state index contributed by atoms with van der Waals surface area (Å²) in [6.07, 6.45) is 5.32. The van der Waals surface area contributed by atoms with Gasteiger partial charge in [0.25, 0.3) is 0 Å². The average Bonchev–Trinajstić information content (AvgIpc) is 3.69.